The van der Waals surface area contributed by atoms with Crippen molar-refractivity contribution >= 4 is 5.69 Å². The number of aromatic nitrogens is 1. The van der Waals surface area contributed by atoms with Gasteiger partial charge in [-0.25, -0.2) is 0 Å². The average Bonchev–Trinajstić information content (AvgIpc) is 2.93. The Bertz CT molecular complexity index is 434. The van der Waals surface area contributed by atoms with Crippen molar-refractivity contribution in [2.24, 2.45) is 11.8 Å². The molecule has 0 bridgehead atoms. The highest BCUT2D eigenvalue weighted by Crippen LogP contribution is 2.29. The van der Waals surface area contributed by atoms with E-state index in [1.54, 1.807) is 0 Å². The number of nitrogens with one attached hydrogen (secondary N) is 1. The summed E-state index contributed by atoms with van der Waals surface area (Å²) in [6, 6.07) is 2.45. The summed E-state index contributed by atoms with van der Waals surface area (Å²) in [4.78, 5) is 3.30. The summed E-state index contributed by atoms with van der Waals surface area (Å²) in [5.74, 6) is 0.219. The molecule has 0 aliphatic carbocycles. The van der Waals surface area contributed by atoms with Crippen LogP contribution in [0.2, 0.25) is 0 Å². The summed E-state index contributed by atoms with van der Waals surface area (Å²) in [5, 5.41) is 12.3. The smallest absolute Gasteiger partial charge is 0.396 e. The van der Waals surface area contributed by atoms with Crippen LogP contribution in [0.1, 0.15) is 12.1 Å². The molecular formula is C13H17F3N2O2. The zero-order valence-corrected chi connectivity index (χ0v) is 10.9. The fourth-order valence-corrected chi connectivity index (χ4v) is 2.25. The van der Waals surface area contributed by atoms with Crippen molar-refractivity contribution in [3.05, 3.63) is 24.0 Å². The van der Waals surface area contributed by atoms with Gasteiger partial charge in [0.1, 0.15) is 5.69 Å². The summed E-state index contributed by atoms with van der Waals surface area (Å²) >= 11 is 0. The molecule has 2 N–H and O–H groups in total. The lowest BCUT2D eigenvalue weighted by Crippen LogP contribution is -2.26. The maximum absolute atomic E-state index is 12.5. The zero-order valence-electron chi connectivity index (χ0n) is 10.9. The maximum Gasteiger partial charge on any atom is 0.433 e. The Balaban J connectivity index is 1.95. The second-order valence-electron chi connectivity index (χ2n) is 4.87. The zero-order chi connectivity index (χ0) is 14.6. The van der Waals surface area contributed by atoms with Gasteiger partial charge in [-0.15, -0.1) is 0 Å². The molecule has 7 heteroatoms. The molecule has 4 nitrogen and oxygen atoms in total. The van der Waals surface area contributed by atoms with Crippen molar-refractivity contribution < 1.29 is 23.0 Å². The normalized spacial score (nSPS) is 20.9. The molecular weight excluding hydrogens is 273 g/mol. The van der Waals surface area contributed by atoms with E-state index >= 15 is 0 Å². The minimum atomic E-state index is -4.45. The minimum Gasteiger partial charge on any atom is -0.396 e. The molecule has 0 saturated carbocycles. The molecule has 20 heavy (non-hydrogen) atoms. The van der Waals surface area contributed by atoms with E-state index in [-0.39, 0.29) is 18.4 Å². The second kappa shape index (κ2) is 6.41. The molecule has 1 aromatic rings. The van der Waals surface area contributed by atoms with Crippen LogP contribution in [0.15, 0.2) is 18.3 Å². The predicted molar refractivity (Wildman–Crippen MR) is 67.2 cm³/mol. The minimum absolute atomic E-state index is 0.0156. The summed E-state index contributed by atoms with van der Waals surface area (Å²) in [5.41, 5.74) is -0.572. The van der Waals surface area contributed by atoms with E-state index in [1.165, 1.54) is 6.07 Å². The van der Waals surface area contributed by atoms with Crippen LogP contribution in [-0.4, -0.2) is 36.5 Å². The van der Waals surface area contributed by atoms with E-state index in [0.717, 1.165) is 18.7 Å². The molecule has 0 radical (unpaired) electrons. The van der Waals surface area contributed by atoms with E-state index < -0.39 is 11.9 Å². The highest BCUT2D eigenvalue weighted by atomic mass is 19.4. The van der Waals surface area contributed by atoms with E-state index in [2.05, 4.69) is 10.3 Å². The van der Waals surface area contributed by atoms with Crippen LogP contribution in [0.5, 0.6) is 0 Å². The van der Waals surface area contributed by atoms with Gasteiger partial charge in [0.15, 0.2) is 0 Å². The van der Waals surface area contributed by atoms with E-state index in [0.29, 0.717) is 25.4 Å². The molecule has 2 atom stereocenters. The van der Waals surface area contributed by atoms with Crippen LogP contribution < -0.4 is 5.32 Å². The number of rotatable bonds is 5. The van der Waals surface area contributed by atoms with Gasteiger partial charge in [0.25, 0.3) is 0 Å². The number of pyridine rings is 1. The standard InChI is InChI=1S/C13H17F3N2O2/c14-13(15,16)12-5-11(1-3-17-12)18-6-10(7-19)9-2-4-20-8-9/h1,3,5,9-10,19H,2,4,6-8H2,(H,17,18). The molecule has 2 rings (SSSR count). The largest absolute Gasteiger partial charge is 0.433 e. The number of alkyl halides is 3. The molecule has 112 valence electrons. The van der Waals surface area contributed by atoms with Crippen molar-refractivity contribution in [3.63, 3.8) is 0 Å². The molecule has 0 amide bonds. The number of nitrogens with zero attached hydrogens (tertiary/aromatic N) is 1. The first-order valence-corrected chi connectivity index (χ1v) is 6.46. The van der Waals surface area contributed by atoms with Crippen LogP contribution in [0, 0.1) is 11.8 Å². The summed E-state index contributed by atoms with van der Waals surface area (Å²) < 4.78 is 42.9. The third kappa shape index (κ3) is 3.83. The molecule has 2 unspecified atom stereocenters. The highest BCUT2D eigenvalue weighted by molar-refractivity contribution is 5.43. The Morgan fingerprint density at radius 2 is 2.30 bits per heavy atom. The van der Waals surface area contributed by atoms with Crippen molar-refractivity contribution in [1.29, 1.82) is 0 Å². The molecule has 0 spiro atoms. The van der Waals surface area contributed by atoms with Crippen molar-refractivity contribution in [2.45, 2.75) is 12.6 Å². The number of aliphatic hydroxyl groups is 1. The lowest BCUT2D eigenvalue weighted by molar-refractivity contribution is -0.141. The topological polar surface area (TPSA) is 54.4 Å². The summed E-state index contributed by atoms with van der Waals surface area (Å²) in [7, 11) is 0. The Morgan fingerprint density at radius 1 is 1.50 bits per heavy atom. The fraction of sp³-hybridized carbons (Fsp3) is 0.615. The van der Waals surface area contributed by atoms with Crippen LogP contribution >= 0.6 is 0 Å². The summed E-state index contributed by atoms with van der Waals surface area (Å²) in [6.45, 7) is 1.66. The second-order valence-corrected chi connectivity index (χ2v) is 4.87. The Labute approximate surface area is 115 Å². The predicted octanol–water partition coefficient (Wildman–Crippen LogP) is 2.16. The van der Waals surface area contributed by atoms with Gasteiger partial charge >= 0.3 is 6.18 Å². The molecule has 2 heterocycles. The molecule has 1 aromatic heterocycles. The van der Waals surface area contributed by atoms with Gasteiger partial charge in [-0.05, 0) is 24.5 Å². The quantitative estimate of drug-likeness (QED) is 0.872. The van der Waals surface area contributed by atoms with E-state index in [4.69, 9.17) is 4.74 Å². The van der Waals surface area contributed by atoms with Crippen LogP contribution in [0.25, 0.3) is 0 Å². The molecule has 0 aromatic carbocycles. The lowest BCUT2D eigenvalue weighted by atomic mass is 9.92. The lowest BCUT2D eigenvalue weighted by Gasteiger charge is -2.21. The third-order valence-corrected chi connectivity index (χ3v) is 3.48. The number of hydrogen-bond acceptors (Lipinski definition) is 4. The first-order chi connectivity index (χ1) is 9.50. The van der Waals surface area contributed by atoms with Crippen molar-refractivity contribution in [3.8, 4) is 0 Å². The maximum atomic E-state index is 12.5. The number of ether oxygens (including phenoxy) is 1. The Morgan fingerprint density at radius 3 is 2.90 bits per heavy atom. The van der Waals surface area contributed by atoms with Gasteiger partial charge in [0, 0.05) is 44.2 Å². The average molecular weight is 290 g/mol. The Hall–Kier alpha value is -1.34. The third-order valence-electron chi connectivity index (χ3n) is 3.48. The molecule has 1 saturated heterocycles. The molecule has 1 fully saturated rings. The van der Waals surface area contributed by atoms with Crippen LogP contribution in [-0.2, 0) is 10.9 Å². The van der Waals surface area contributed by atoms with Gasteiger partial charge in [0.05, 0.1) is 0 Å². The number of anilines is 1. The highest BCUT2D eigenvalue weighted by Gasteiger charge is 2.32. The van der Waals surface area contributed by atoms with E-state index in [9.17, 15) is 18.3 Å². The van der Waals surface area contributed by atoms with E-state index in [1.807, 2.05) is 0 Å². The SMILES string of the molecule is OCC(CNc1ccnc(C(F)(F)F)c1)C1CCOC1. The monoisotopic (exact) mass is 290 g/mol. The van der Waals surface area contributed by atoms with Crippen LogP contribution in [0.4, 0.5) is 18.9 Å². The fourth-order valence-electron chi connectivity index (χ4n) is 2.25. The van der Waals surface area contributed by atoms with Gasteiger partial charge in [-0.3, -0.25) is 4.98 Å². The number of aliphatic hydroxyl groups excluding tert-OH is 1. The van der Waals surface area contributed by atoms with Crippen molar-refractivity contribution in [2.75, 3.05) is 31.7 Å². The molecule has 1 aliphatic rings. The number of hydrogen-bond donors (Lipinski definition) is 2. The molecule has 1 aliphatic heterocycles. The number of halogens is 3. The van der Waals surface area contributed by atoms with Gasteiger partial charge in [-0.1, -0.05) is 0 Å². The van der Waals surface area contributed by atoms with Gasteiger partial charge in [-0.2, -0.15) is 13.2 Å². The summed E-state index contributed by atoms with van der Waals surface area (Å²) in [6.07, 6.45) is -2.46. The Kier molecular flexibility index (Phi) is 4.82. The van der Waals surface area contributed by atoms with Gasteiger partial charge < -0.3 is 15.2 Å². The van der Waals surface area contributed by atoms with Gasteiger partial charge in [0.2, 0.25) is 0 Å². The first kappa shape index (κ1) is 15.1. The first-order valence-electron chi connectivity index (χ1n) is 6.46. The van der Waals surface area contributed by atoms with Crippen LogP contribution in [0.3, 0.4) is 0 Å². The van der Waals surface area contributed by atoms with Crippen molar-refractivity contribution in [1.82, 2.24) is 4.98 Å².